The van der Waals surface area contributed by atoms with Crippen molar-refractivity contribution in [2.75, 3.05) is 74.8 Å². The van der Waals surface area contributed by atoms with Gasteiger partial charge in [0, 0.05) is 57.1 Å². The van der Waals surface area contributed by atoms with Crippen molar-refractivity contribution in [2.24, 2.45) is 11.0 Å². The highest BCUT2D eigenvalue weighted by molar-refractivity contribution is 6.40. The van der Waals surface area contributed by atoms with Crippen molar-refractivity contribution in [1.29, 1.82) is 0 Å². The molecule has 0 aliphatic carbocycles. The summed E-state index contributed by atoms with van der Waals surface area (Å²) < 4.78 is 10.9. The van der Waals surface area contributed by atoms with Gasteiger partial charge in [-0.05, 0) is 81.8 Å². The molecule has 2 unspecified atom stereocenters. The van der Waals surface area contributed by atoms with E-state index >= 15 is 4.79 Å². The van der Waals surface area contributed by atoms with Crippen molar-refractivity contribution in [2.45, 2.75) is 38.3 Å². The smallest absolute Gasteiger partial charge is 0.354 e. The second-order valence-corrected chi connectivity index (χ2v) is 11.5. The molecule has 2 atom stereocenters. The monoisotopic (exact) mass is 588 g/mol. The number of methoxy groups -OCH3 is 1. The molecule has 0 radical (unpaired) electrons. The summed E-state index contributed by atoms with van der Waals surface area (Å²) in [5.74, 6) is -0.278. The van der Waals surface area contributed by atoms with Gasteiger partial charge in [0.25, 0.3) is 5.91 Å². The number of hydrazone groups is 1. The Hall–Kier alpha value is -3.96. The summed E-state index contributed by atoms with van der Waals surface area (Å²) in [4.78, 5) is 49.1. The maximum Gasteiger partial charge on any atom is 0.354 e. The number of likely N-dealkylation sites (N-methyl/N-ethyl adjacent to an activating group) is 1. The lowest BCUT2D eigenvalue weighted by Gasteiger charge is -2.54. The van der Waals surface area contributed by atoms with Crippen LogP contribution < -0.4 is 19.5 Å². The predicted octanol–water partition coefficient (Wildman–Crippen LogP) is 2.95. The highest BCUT2D eigenvalue weighted by atomic mass is 16.5. The van der Waals surface area contributed by atoms with E-state index in [1.54, 1.807) is 19.0 Å². The van der Waals surface area contributed by atoms with Gasteiger partial charge in [0.05, 0.1) is 25.3 Å². The van der Waals surface area contributed by atoms with E-state index in [4.69, 9.17) is 14.6 Å². The fraction of sp³-hybridized carbons (Fsp3) is 0.500. The summed E-state index contributed by atoms with van der Waals surface area (Å²) in [6.07, 6.45) is 3.00. The van der Waals surface area contributed by atoms with Crippen molar-refractivity contribution >= 4 is 40.6 Å². The number of rotatable bonds is 7. The molecule has 0 saturated carbocycles. The molecule has 4 aliphatic rings. The molecule has 4 aliphatic heterocycles. The van der Waals surface area contributed by atoms with E-state index in [1.807, 2.05) is 58.3 Å². The van der Waals surface area contributed by atoms with Crippen molar-refractivity contribution in [3.8, 4) is 5.75 Å². The van der Waals surface area contributed by atoms with Gasteiger partial charge in [-0.15, -0.1) is 0 Å². The molecule has 2 amide bonds. The van der Waals surface area contributed by atoms with Crippen LogP contribution in [0.15, 0.2) is 53.6 Å². The Bertz CT molecular complexity index is 1390. The van der Waals surface area contributed by atoms with Crippen LogP contribution in [-0.4, -0.2) is 99.0 Å². The van der Waals surface area contributed by atoms with Gasteiger partial charge in [-0.25, -0.2) is 9.80 Å². The molecular weight excluding hydrogens is 548 g/mol. The summed E-state index contributed by atoms with van der Waals surface area (Å²) >= 11 is 0. The molecular formula is C32H40N6O5. The summed E-state index contributed by atoms with van der Waals surface area (Å²) in [6, 6.07) is 15.1. The first kappa shape index (κ1) is 29.1. The summed E-state index contributed by atoms with van der Waals surface area (Å²) in [5, 5.41) is 6.65. The van der Waals surface area contributed by atoms with Gasteiger partial charge in [-0.3, -0.25) is 14.5 Å². The number of nitrogens with zero attached hydrogens (tertiary/aromatic N) is 6. The summed E-state index contributed by atoms with van der Waals surface area (Å²) in [7, 11) is 3.69. The first-order valence-corrected chi connectivity index (χ1v) is 15.2. The molecule has 0 N–H and O–H groups in total. The van der Waals surface area contributed by atoms with Gasteiger partial charge in [0.1, 0.15) is 5.75 Å². The highest BCUT2D eigenvalue weighted by Gasteiger charge is 2.65. The number of amides is 2. The van der Waals surface area contributed by atoms with Gasteiger partial charge in [0.15, 0.2) is 5.71 Å². The zero-order valence-electron chi connectivity index (χ0n) is 25.2. The average molecular weight is 589 g/mol. The van der Waals surface area contributed by atoms with Crippen LogP contribution in [0.1, 0.15) is 32.6 Å². The second-order valence-electron chi connectivity index (χ2n) is 11.5. The number of piperazine rings is 1. The van der Waals surface area contributed by atoms with Crippen LogP contribution >= 0.6 is 0 Å². The van der Waals surface area contributed by atoms with Crippen molar-refractivity contribution in [1.82, 2.24) is 9.80 Å². The molecule has 2 aromatic rings. The van der Waals surface area contributed by atoms with Crippen LogP contribution in [0.4, 0.5) is 17.1 Å². The molecule has 2 aromatic carbocycles. The molecule has 0 bridgehead atoms. The van der Waals surface area contributed by atoms with Gasteiger partial charge >= 0.3 is 5.97 Å². The van der Waals surface area contributed by atoms with Gasteiger partial charge in [0.2, 0.25) is 11.6 Å². The van der Waals surface area contributed by atoms with Gasteiger partial charge in [-0.1, -0.05) is 0 Å². The van der Waals surface area contributed by atoms with E-state index in [0.717, 1.165) is 37.3 Å². The summed E-state index contributed by atoms with van der Waals surface area (Å²) in [6.45, 7) is 5.98. The Morgan fingerprint density at radius 2 is 1.53 bits per heavy atom. The number of hydrogen-bond donors (Lipinski definition) is 0. The Labute approximate surface area is 252 Å². The third-order valence-electron chi connectivity index (χ3n) is 9.13. The molecule has 11 heteroatoms. The lowest BCUT2D eigenvalue weighted by Crippen LogP contribution is -2.75. The van der Waals surface area contributed by atoms with Crippen LogP contribution in [0.5, 0.6) is 5.75 Å². The molecule has 3 fully saturated rings. The zero-order chi connectivity index (χ0) is 30.1. The Morgan fingerprint density at radius 3 is 2.16 bits per heavy atom. The normalized spacial score (nSPS) is 25.0. The molecule has 3 saturated heterocycles. The predicted molar refractivity (Wildman–Crippen MR) is 164 cm³/mol. The Kier molecular flexibility index (Phi) is 8.11. The Balaban J connectivity index is 1.42. The van der Waals surface area contributed by atoms with Crippen molar-refractivity contribution in [3.05, 3.63) is 48.5 Å². The average Bonchev–Trinajstić information content (AvgIpc) is 3.39. The number of esters is 1. The third-order valence-corrected chi connectivity index (χ3v) is 9.13. The first-order valence-electron chi connectivity index (χ1n) is 15.2. The number of piperidine rings is 2. The number of carbonyl (C=O) groups excluding carboxylic acids is 3. The standard InChI is InChI=1S/C32H40N6O5/c1-4-43-30(40)29-27-16-18-37(24-10-8-23(9-11-24)36-17-6-5-7-28(36)39)31(41)32(27,35-21-19-34(2)20-22-35)38(33-29)25-12-14-26(42-3)15-13-25/h8-15,27H,4-7,16-22H2,1-3H3. The minimum absolute atomic E-state index is 0.131. The van der Waals surface area contributed by atoms with Crippen LogP contribution in [0.25, 0.3) is 0 Å². The van der Waals surface area contributed by atoms with E-state index in [-0.39, 0.29) is 24.1 Å². The van der Waals surface area contributed by atoms with Crippen molar-refractivity contribution in [3.63, 3.8) is 0 Å². The third kappa shape index (κ3) is 5.04. The van der Waals surface area contributed by atoms with E-state index in [2.05, 4.69) is 16.8 Å². The number of ether oxygens (including phenoxy) is 2. The van der Waals surface area contributed by atoms with E-state index in [9.17, 15) is 9.59 Å². The number of carbonyl (C=O) groups is 3. The van der Waals surface area contributed by atoms with Crippen LogP contribution in [-0.2, 0) is 19.1 Å². The van der Waals surface area contributed by atoms with Crippen LogP contribution in [0, 0.1) is 5.92 Å². The minimum atomic E-state index is -1.25. The first-order chi connectivity index (χ1) is 20.9. The molecule has 43 heavy (non-hydrogen) atoms. The topological polar surface area (TPSA) is 98.2 Å². The fourth-order valence-electron chi connectivity index (χ4n) is 6.87. The molecule has 6 rings (SSSR count). The molecule has 228 valence electrons. The largest absolute Gasteiger partial charge is 0.497 e. The van der Waals surface area contributed by atoms with Gasteiger partial charge in [-0.2, -0.15) is 5.10 Å². The highest BCUT2D eigenvalue weighted by Crippen LogP contribution is 2.47. The number of benzene rings is 2. The quantitative estimate of drug-likeness (QED) is 0.456. The summed E-state index contributed by atoms with van der Waals surface area (Å²) in [5.41, 5.74) is 1.32. The second kappa shape index (κ2) is 12.0. The number of fused-ring (bicyclic) bond motifs is 1. The zero-order valence-corrected chi connectivity index (χ0v) is 25.2. The fourth-order valence-corrected chi connectivity index (χ4v) is 6.87. The minimum Gasteiger partial charge on any atom is -0.497 e. The van der Waals surface area contributed by atoms with E-state index in [1.165, 1.54) is 0 Å². The molecule has 0 aromatic heterocycles. The Morgan fingerprint density at radius 1 is 0.884 bits per heavy atom. The molecule has 11 nitrogen and oxygen atoms in total. The molecule has 4 heterocycles. The van der Waals surface area contributed by atoms with Crippen molar-refractivity contribution < 1.29 is 23.9 Å². The molecule has 0 spiro atoms. The number of anilines is 3. The SMILES string of the molecule is CCOC(=O)C1=NN(c2ccc(OC)cc2)C2(N3CCN(C)CC3)C(=O)N(c3ccc(N4CCCCC4=O)cc3)CCC12. The number of hydrogen-bond acceptors (Lipinski definition) is 9. The van der Waals surface area contributed by atoms with Crippen LogP contribution in [0.3, 0.4) is 0 Å². The van der Waals surface area contributed by atoms with Gasteiger partial charge < -0.3 is 24.2 Å². The van der Waals surface area contributed by atoms with Crippen LogP contribution in [0.2, 0.25) is 0 Å². The van der Waals surface area contributed by atoms with E-state index in [0.29, 0.717) is 50.5 Å². The maximum atomic E-state index is 15.1. The lowest BCUT2D eigenvalue weighted by atomic mass is 9.79. The lowest BCUT2D eigenvalue weighted by molar-refractivity contribution is -0.138. The maximum absolute atomic E-state index is 15.1. The van der Waals surface area contributed by atoms with E-state index < -0.39 is 17.6 Å².